The molecule has 1 aliphatic heterocycles. The summed E-state index contributed by atoms with van der Waals surface area (Å²) < 4.78 is 10.5. The number of hydrogen-bond donors (Lipinski definition) is 5. The third kappa shape index (κ3) is 3.31. The summed E-state index contributed by atoms with van der Waals surface area (Å²) in [6.45, 7) is -0.553. The topological polar surface area (TPSA) is 137 Å². The minimum absolute atomic E-state index is 0.0659. The molecule has 1 fully saturated rings. The molecule has 116 valence electrons. The van der Waals surface area contributed by atoms with Crippen molar-refractivity contribution < 1.29 is 39.8 Å². The quantitative estimate of drug-likeness (QED) is 0.456. The van der Waals surface area contributed by atoms with Gasteiger partial charge in [0.25, 0.3) is 0 Å². The average Bonchev–Trinajstić information content (AvgIpc) is 2.48. The maximum atomic E-state index is 10.7. The molecule has 2 rings (SSSR count). The lowest BCUT2D eigenvalue weighted by molar-refractivity contribution is -0.277. The maximum absolute atomic E-state index is 10.7. The summed E-state index contributed by atoms with van der Waals surface area (Å²) >= 11 is 0. The Morgan fingerprint density at radius 1 is 1.10 bits per heavy atom. The van der Waals surface area contributed by atoms with E-state index in [1.54, 1.807) is 0 Å². The molecule has 8 heteroatoms. The smallest absolute Gasteiger partial charge is 0.335 e. The molecule has 21 heavy (non-hydrogen) atoms. The molecule has 1 heterocycles. The molecule has 0 saturated carbocycles. The lowest BCUT2D eigenvalue weighted by Crippen LogP contribution is -2.60. The van der Waals surface area contributed by atoms with E-state index in [4.69, 9.17) is 19.7 Å². The van der Waals surface area contributed by atoms with Crippen LogP contribution < -0.4 is 4.74 Å². The summed E-state index contributed by atoms with van der Waals surface area (Å²) in [4.78, 5) is 10.7. The van der Waals surface area contributed by atoms with Gasteiger partial charge in [-0.2, -0.15) is 0 Å². The van der Waals surface area contributed by atoms with Crippen molar-refractivity contribution in [2.75, 3.05) is 6.61 Å². The van der Waals surface area contributed by atoms with Gasteiger partial charge < -0.3 is 35.0 Å². The Morgan fingerprint density at radius 2 is 1.71 bits per heavy atom. The van der Waals surface area contributed by atoms with Crippen molar-refractivity contribution in [1.82, 2.24) is 0 Å². The van der Waals surface area contributed by atoms with E-state index in [2.05, 4.69) is 0 Å². The van der Waals surface area contributed by atoms with Gasteiger partial charge in [-0.1, -0.05) is 0 Å². The van der Waals surface area contributed by atoms with Crippen molar-refractivity contribution in [2.24, 2.45) is 0 Å². The fourth-order valence-corrected chi connectivity index (χ4v) is 1.97. The molecule has 0 aliphatic carbocycles. The van der Waals surface area contributed by atoms with Gasteiger partial charge in [0.15, 0.2) is 0 Å². The van der Waals surface area contributed by atoms with E-state index in [0.29, 0.717) is 0 Å². The van der Waals surface area contributed by atoms with E-state index in [-0.39, 0.29) is 11.3 Å². The largest absolute Gasteiger partial charge is 0.478 e. The van der Waals surface area contributed by atoms with Crippen LogP contribution in [0, 0.1) is 0 Å². The van der Waals surface area contributed by atoms with Crippen molar-refractivity contribution in [3.05, 3.63) is 29.8 Å². The monoisotopic (exact) mass is 300 g/mol. The molecule has 5 atom stereocenters. The Morgan fingerprint density at radius 3 is 2.24 bits per heavy atom. The average molecular weight is 300 g/mol. The summed E-state index contributed by atoms with van der Waals surface area (Å²) in [7, 11) is 0. The predicted molar refractivity (Wildman–Crippen MR) is 67.8 cm³/mol. The number of ether oxygens (including phenoxy) is 2. The van der Waals surface area contributed by atoms with Gasteiger partial charge in [0, 0.05) is 0 Å². The first-order valence-electron chi connectivity index (χ1n) is 6.24. The van der Waals surface area contributed by atoms with E-state index < -0.39 is 43.3 Å². The van der Waals surface area contributed by atoms with Crippen molar-refractivity contribution >= 4 is 5.97 Å². The van der Waals surface area contributed by atoms with Gasteiger partial charge in [0.2, 0.25) is 6.29 Å². The zero-order valence-corrected chi connectivity index (χ0v) is 10.9. The number of aromatic carboxylic acids is 1. The van der Waals surface area contributed by atoms with Crippen molar-refractivity contribution in [3.63, 3.8) is 0 Å². The third-order valence-electron chi connectivity index (χ3n) is 3.20. The lowest BCUT2D eigenvalue weighted by atomic mass is 9.99. The van der Waals surface area contributed by atoms with Gasteiger partial charge in [0.05, 0.1) is 12.2 Å². The molecule has 1 aromatic rings. The summed E-state index contributed by atoms with van der Waals surface area (Å²) in [6.07, 6.45) is -6.86. The molecule has 1 aromatic carbocycles. The van der Waals surface area contributed by atoms with Crippen LogP contribution in [0.25, 0.3) is 0 Å². The number of benzene rings is 1. The van der Waals surface area contributed by atoms with Crippen LogP contribution in [-0.4, -0.2) is 68.8 Å². The highest BCUT2D eigenvalue weighted by Crippen LogP contribution is 2.24. The van der Waals surface area contributed by atoms with Crippen LogP contribution in [0.3, 0.4) is 0 Å². The second kappa shape index (κ2) is 6.37. The van der Waals surface area contributed by atoms with E-state index in [1.807, 2.05) is 0 Å². The molecule has 0 aromatic heterocycles. The Kier molecular flexibility index (Phi) is 4.76. The molecule has 1 aliphatic rings. The minimum atomic E-state index is -1.53. The van der Waals surface area contributed by atoms with E-state index in [9.17, 15) is 20.1 Å². The van der Waals surface area contributed by atoms with Crippen molar-refractivity contribution in [2.45, 2.75) is 30.7 Å². The van der Waals surface area contributed by atoms with Crippen LogP contribution in [-0.2, 0) is 4.74 Å². The highest BCUT2D eigenvalue weighted by Gasteiger charge is 2.44. The Hall–Kier alpha value is -1.71. The standard InChI is InChI=1S/C13H16O8/c14-5-8-9(15)10(16)11(17)13(21-8)20-7-3-1-6(2-4-7)12(18)19/h1-4,8-11,13-17H,5H2,(H,18,19)/t8-,9-,10+,11-,13+/m1/s1. The first kappa shape index (κ1) is 15.7. The van der Waals surface area contributed by atoms with Crippen LogP contribution in [0.2, 0.25) is 0 Å². The molecule has 0 radical (unpaired) electrons. The number of carbonyl (C=O) groups is 1. The number of carboxylic acid groups (broad SMARTS) is 1. The third-order valence-corrected chi connectivity index (χ3v) is 3.20. The van der Waals surface area contributed by atoms with Gasteiger partial charge in [-0.25, -0.2) is 4.79 Å². The number of aliphatic hydroxyl groups excluding tert-OH is 4. The van der Waals surface area contributed by atoms with Crippen molar-refractivity contribution in [1.29, 1.82) is 0 Å². The molecule has 5 N–H and O–H groups in total. The number of aliphatic hydroxyl groups is 4. The Bertz CT molecular complexity index is 485. The zero-order valence-electron chi connectivity index (χ0n) is 10.9. The van der Waals surface area contributed by atoms with E-state index in [1.165, 1.54) is 24.3 Å². The van der Waals surface area contributed by atoms with Crippen LogP contribution in [0.15, 0.2) is 24.3 Å². The normalized spacial score (nSPS) is 32.7. The summed E-state index contributed by atoms with van der Waals surface area (Å²) in [6, 6.07) is 5.35. The molecular formula is C13H16O8. The van der Waals surface area contributed by atoms with E-state index in [0.717, 1.165) is 0 Å². The molecular weight excluding hydrogens is 284 g/mol. The second-order valence-corrected chi connectivity index (χ2v) is 4.64. The molecule has 0 bridgehead atoms. The summed E-state index contributed by atoms with van der Waals surface area (Å²) in [5.74, 6) is -0.876. The van der Waals surface area contributed by atoms with Gasteiger partial charge in [-0.15, -0.1) is 0 Å². The highest BCUT2D eigenvalue weighted by atomic mass is 16.7. The highest BCUT2D eigenvalue weighted by molar-refractivity contribution is 5.87. The molecule has 0 amide bonds. The summed E-state index contributed by atoms with van der Waals surface area (Å²) in [5.41, 5.74) is 0.0659. The maximum Gasteiger partial charge on any atom is 0.335 e. The number of rotatable bonds is 4. The van der Waals surface area contributed by atoms with Crippen LogP contribution in [0.1, 0.15) is 10.4 Å². The fourth-order valence-electron chi connectivity index (χ4n) is 1.97. The minimum Gasteiger partial charge on any atom is -0.478 e. The van der Waals surface area contributed by atoms with Gasteiger partial charge in [-0.05, 0) is 24.3 Å². The zero-order chi connectivity index (χ0) is 15.6. The molecule has 8 nitrogen and oxygen atoms in total. The molecule has 0 spiro atoms. The van der Waals surface area contributed by atoms with Crippen molar-refractivity contribution in [3.8, 4) is 5.75 Å². The Balaban J connectivity index is 2.08. The molecule has 0 unspecified atom stereocenters. The van der Waals surface area contributed by atoms with Gasteiger partial charge in [0.1, 0.15) is 30.2 Å². The van der Waals surface area contributed by atoms with Gasteiger partial charge >= 0.3 is 5.97 Å². The summed E-state index contributed by atoms with van der Waals surface area (Å²) in [5, 5.41) is 46.9. The SMILES string of the molecule is O=C(O)c1ccc(O[C@H]2O[C@H](CO)[C@@H](O)[C@H](O)[C@H]2O)cc1. The lowest BCUT2D eigenvalue weighted by Gasteiger charge is -2.39. The predicted octanol–water partition coefficient (Wildman–Crippen LogP) is -1.44. The molecule has 1 saturated heterocycles. The number of hydrogen-bond acceptors (Lipinski definition) is 7. The number of carboxylic acids is 1. The fraction of sp³-hybridized carbons (Fsp3) is 0.462. The van der Waals surface area contributed by atoms with Gasteiger partial charge in [-0.3, -0.25) is 0 Å². The second-order valence-electron chi connectivity index (χ2n) is 4.64. The Labute approximate surface area is 119 Å². The first-order valence-corrected chi connectivity index (χ1v) is 6.24. The first-order chi connectivity index (χ1) is 9.93. The van der Waals surface area contributed by atoms with Crippen LogP contribution >= 0.6 is 0 Å². The van der Waals surface area contributed by atoms with Crippen LogP contribution in [0.5, 0.6) is 5.75 Å². The van der Waals surface area contributed by atoms with Crippen LogP contribution in [0.4, 0.5) is 0 Å². The van der Waals surface area contributed by atoms with E-state index >= 15 is 0 Å².